The lowest BCUT2D eigenvalue weighted by Gasteiger charge is -2.10. The van der Waals surface area contributed by atoms with Gasteiger partial charge in [-0.05, 0) is 30.3 Å². The van der Waals surface area contributed by atoms with Gasteiger partial charge in [-0.15, -0.1) is 0 Å². The first-order valence-corrected chi connectivity index (χ1v) is 5.61. The molecule has 0 radical (unpaired) electrons. The summed E-state index contributed by atoms with van der Waals surface area (Å²) in [5.74, 6) is -5.50. The number of aromatic carboxylic acids is 1. The van der Waals surface area contributed by atoms with Crippen LogP contribution in [0.15, 0.2) is 30.3 Å². The molecule has 104 valence electrons. The van der Waals surface area contributed by atoms with Gasteiger partial charge in [0.15, 0.2) is 17.4 Å². The predicted molar refractivity (Wildman–Crippen MR) is 64.8 cm³/mol. The van der Waals surface area contributed by atoms with Crippen LogP contribution in [0.5, 0.6) is 11.5 Å². The number of ether oxygens (including phenoxy) is 1. The highest BCUT2D eigenvalue weighted by Gasteiger charge is 2.17. The van der Waals surface area contributed by atoms with Crippen LogP contribution in [0, 0.1) is 17.5 Å². The van der Waals surface area contributed by atoms with E-state index in [9.17, 15) is 18.0 Å². The minimum absolute atomic E-state index is 0.158. The number of benzene rings is 2. The smallest absolute Gasteiger partial charge is 0.335 e. The summed E-state index contributed by atoms with van der Waals surface area (Å²) >= 11 is 5.66. The largest absolute Gasteiger partial charge is 0.478 e. The lowest BCUT2D eigenvalue weighted by atomic mass is 10.2. The van der Waals surface area contributed by atoms with Gasteiger partial charge >= 0.3 is 5.97 Å². The van der Waals surface area contributed by atoms with Crippen LogP contribution >= 0.6 is 11.6 Å². The average Bonchev–Trinajstić information content (AvgIpc) is 2.35. The molecule has 0 aliphatic heterocycles. The van der Waals surface area contributed by atoms with E-state index in [1.165, 1.54) is 0 Å². The van der Waals surface area contributed by atoms with E-state index in [0.717, 1.165) is 18.2 Å². The first-order chi connectivity index (χ1) is 9.38. The highest BCUT2D eigenvalue weighted by Crippen LogP contribution is 2.33. The summed E-state index contributed by atoms with van der Waals surface area (Å²) in [7, 11) is 0. The first-order valence-electron chi connectivity index (χ1n) is 5.23. The molecule has 0 heterocycles. The van der Waals surface area contributed by atoms with E-state index in [1.807, 2.05) is 0 Å². The number of hydrogen-bond donors (Lipinski definition) is 1. The van der Waals surface area contributed by atoms with Gasteiger partial charge in [0.25, 0.3) is 0 Å². The van der Waals surface area contributed by atoms with Crippen molar-refractivity contribution in [3.63, 3.8) is 0 Å². The second-order valence-corrected chi connectivity index (χ2v) is 4.16. The molecule has 0 aliphatic carbocycles. The quantitative estimate of drug-likeness (QED) is 0.922. The Balaban J connectivity index is 2.41. The zero-order valence-electron chi connectivity index (χ0n) is 9.66. The highest BCUT2D eigenvalue weighted by atomic mass is 35.5. The SMILES string of the molecule is O=C(O)c1cc(F)c(Oc2ccc(F)cc2Cl)c(F)c1. The van der Waals surface area contributed by atoms with E-state index in [-0.39, 0.29) is 10.8 Å². The molecule has 2 rings (SSSR count). The molecule has 0 aromatic heterocycles. The van der Waals surface area contributed by atoms with Crippen molar-refractivity contribution in [1.82, 2.24) is 0 Å². The van der Waals surface area contributed by atoms with Crippen molar-refractivity contribution in [3.8, 4) is 11.5 Å². The second-order valence-electron chi connectivity index (χ2n) is 3.75. The zero-order chi connectivity index (χ0) is 14.9. The van der Waals surface area contributed by atoms with Gasteiger partial charge in [-0.1, -0.05) is 11.6 Å². The van der Waals surface area contributed by atoms with Crippen LogP contribution in [-0.2, 0) is 0 Å². The number of rotatable bonds is 3. The predicted octanol–water partition coefficient (Wildman–Crippen LogP) is 4.25. The molecule has 0 unspecified atom stereocenters. The number of carboxylic acid groups (broad SMARTS) is 1. The Morgan fingerprint density at radius 1 is 1.10 bits per heavy atom. The molecule has 0 saturated carbocycles. The monoisotopic (exact) mass is 302 g/mol. The van der Waals surface area contributed by atoms with Gasteiger partial charge in [0, 0.05) is 0 Å². The summed E-state index contributed by atoms with van der Waals surface area (Å²) in [5.41, 5.74) is -0.558. The fourth-order valence-corrected chi connectivity index (χ4v) is 1.65. The fourth-order valence-electron chi connectivity index (χ4n) is 1.45. The molecular formula is C13H6ClF3O3. The van der Waals surface area contributed by atoms with Crippen LogP contribution in [0.2, 0.25) is 5.02 Å². The van der Waals surface area contributed by atoms with E-state index < -0.39 is 34.7 Å². The molecule has 3 nitrogen and oxygen atoms in total. The van der Waals surface area contributed by atoms with Gasteiger partial charge in [0.2, 0.25) is 0 Å². The Kier molecular flexibility index (Phi) is 3.85. The van der Waals surface area contributed by atoms with Crippen molar-refractivity contribution in [2.45, 2.75) is 0 Å². The van der Waals surface area contributed by atoms with Crippen molar-refractivity contribution >= 4 is 17.6 Å². The summed E-state index contributed by atoms with van der Waals surface area (Å²) in [5, 5.41) is 8.48. The number of carbonyl (C=O) groups is 1. The molecule has 1 N–H and O–H groups in total. The summed E-state index contributed by atoms with van der Waals surface area (Å²) in [6.07, 6.45) is 0. The van der Waals surface area contributed by atoms with Crippen molar-refractivity contribution in [3.05, 3.63) is 58.4 Å². The molecule has 7 heteroatoms. The molecule has 0 aliphatic rings. The molecule has 0 atom stereocenters. The Hall–Kier alpha value is -2.21. The summed E-state index contributed by atoms with van der Waals surface area (Å²) in [4.78, 5) is 10.6. The molecule has 2 aromatic rings. The maximum Gasteiger partial charge on any atom is 0.335 e. The number of halogens is 4. The van der Waals surface area contributed by atoms with Gasteiger partial charge in [0.1, 0.15) is 11.6 Å². The number of hydrogen-bond acceptors (Lipinski definition) is 2. The summed E-state index contributed by atoms with van der Waals surface area (Å²) in [6, 6.07) is 4.24. The van der Waals surface area contributed by atoms with Crippen LogP contribution in [0.1, 0.15) is 10.4 Å². The van der Waals surface area contributed by atoms with Crippen LogP contribution in [0.25, 0.3) is 0 Å². The van der Waals surface area contributed by atoms with Crippen molar-refractivity contribution in [1.29, 1.82) is 0 Å². The standard InChI is InChI=1S/C13H6ClF3O3/c14-8-5-7(15)1-2-11(8)20-12-9(16)3-6(13(18)19)4-10(12)17/h1-5H,(H,18,19). The summed E-state index contributed by atoms with van der Waals surface area (Å²) in [6.45, 7) is 0. The molecule has 0 saturated heterocycles. The van der Waals surface area contributed by atoms with E-state index in [2.05, 4.69) is 0 Å². The topological polar surface area (TPSA) is 46.5 Å². The zero-order valence-corrected chi connectivity index (χ0v) is 10.4. The molecule has 0 amide bonds. The number of carboxylic acids is 1. The molecule has 0 spiro atoms. The van der Waals surface area contributed by atoms with E-state index >= 15 is 0 Å². The van der Waals surface area contributed by atoms with E-state index in [1.54, 1.807) is 0 Å². The van der Waals surface area contributed by atoms with Crippen LogP contribution in [0.4, 0.5) is 13.2 Å². The van der Waals surface area contributed by atoms with E-state index in [0.29, 0.717) is 12.1 Å². The van der Waals surface area contributed by atoms with Gasteiger partial charge in [-0.2, -0.15) is 0 Å². The van der Waals surface area contributed by atoms with Crippen molar-refractivity contribution < 1.29 is 27.8 Å². The normalized spacial score (nSPS) is 10.4. The lowest BCUT2D eigenvalue weighted by Crippen LogP contribution is -2.01. The highest BCUT2D eigenvalue weighted by molar-refractivity contribution is 6.32. The minimum atomic E-state index is -1.48. The molecular weight excluding hydrogens is 297 g/mol. The van der Waals surface area contributed by atoms with Crippen LogP contribution in [0.3, 0.4) is 0 Å². The fraction of sp³-hybridized carbons (Fsp3) is 0. The lowest BCUT2D eigenvalue weighted by molar-refractivity contribution is 0.0695. The van der Waals surface area contributed by atoms with Gasteiger partial charge in [0.05, 0.1) is 10.6 Å². The van der Waals surface area contributed by atoms with Crippen LogP contribution < -0.4 is 4.74 Å². The Labute approximate surface area is 116 Å². The third kappa shape index (κ3) is 2.85. The van der Waals surface area contributed by atoms with Crippen molar-refractivity contribution in [2.24, 2.45) is 0 Å². The Morgan fingerprint density at radius 2 is 1.70 bits per heavy atom. The van der Waals surface area contributed by atoms with E-state index in [4.69, 9.17) is 21.4 Å². The molecule has 0 bridgehead atoms. The maximum atomic E-state index is 13.6. The third-order valence-corrected chi connectivity index (χ3v) is 2.65. The summed E-state index contributed by atoms with van der Waals surface area (Å²) < 4.78 is 45.0. The molecule has 2 aromatic carbocycles. The first kappa shape index (κ1) is 14.2. The molecule has 0 fully saturated rings. The van der Waals surface area contributed by atoms with Crippen LogP contribution in [-0.4, -0.2) is 11.1 Å². The van der Waals surface area contributed by atoms with Crippen molar-refractivity contribution in [2.75, 3.05) is 0 Å². The third-order valence-electron chi connectivity index (χ3n) is 2.35. The Morgan fingerprint density at radius 3 is 2.20 bits per heavy atom. The Bertz CT molecular complexity index is 666. The second kappa shape index (κ2) is 5.42. The minimum Gasteiger partial charge on any atom is -0.478 e. The van der Waals surface area contributed by atoms with Gasteiger partial charge in [-0.25, -0.2) is 18.0 Å². The van der Waals surface area contributed by atoms with Gasteiger partial charge in [-0.3, -0.25) is 0 Å². The van der Waals surface area contributed by atoms with Gasteiger partial charge < -0.3 is 9.84 Å². The molecule has 20 heavy (non-hydrogen) atoms. The average molecular weight is 303 g/mol. The maximum absolute atomic E-state index is 13.6.